The van der Waals surface area contributed by atoms with E-state index in [0.717, 1.165) is 0 Å². The van der Waals surface area contributed by atoms with E-state index in [0.29, 0.717) is 19.5 Å². The molecule has 6 heteroatoms. The molecule has 0 spiro atoms. The maximum atomic E-state index is 10.6. The normalized spacial score (nSPS) is 11.2. The fourth-order valence-electron chi connectivity index (χ4n) is 2.42. The van der Waals surface area contributed by atoms with Crippen molar-refractivity contribution in [2.45, 2.75) is 12.3 Å². The Bertz CT molecular complexity index is 623. The molecule has 0 unspecified atom stereocenters. The van der Waals surface area contributed by atoms with E-state index in [-0.39, 0.29) is 41.2 Å². The monoisotopic (exact) mass is 341 g/mol. The molecule has 1 N–H and O–H groups in total. The van der Waals surface area contributed by atoms with Crippen LogP contribution in [0.1, 0.15) is 23.5 Å². The second-order valence-corrected chi connectivity index (χ2v) is 6.72. The van der Waals surface area contributed by atoms with Gasteiger partial charge in [0.15, 0.2) is 0 Å². The summed E-state index contributed by atoms with van der Waals surface area (Å²) in [5.41, 5.74) is 2.41. The molecule has 0 heterocycles. The van der Waals surface area contributed by atoms with Gasteiger partial charge in [0.1, 0.15) is 0 Å². The van der Waals surface area contributed by atoms with Gasteiger partial charge in [0.2, 0.25) is 0 Å². The minimum absolute atomic E-state index is 0. The van der Waals surface area contributed by atoms with E-state index in [9.17, 15) is 13.0 Å². The van der Waals surface area contributed by atoms with Gasteiger partial charge in [-0.15, -0.1) is 0 Å². The van der Waals surface area contributed by atoms with E-state index in [2.05, 4.69) is 29.6 Å². The van der Waals surface area contributed by atoms with Crippen LogP contribution >= 0.6 is 0 Å². The molecule has 4 nitrogen and oxygen atoms in total. The summed E-state index contributed by atoms with van der Waals surface area (Å²) >= 11 is 0. The van der Waals surface area contributed by atoms with Gasteiger partial charge < -0.3 is 9.87 Å². The molecule has 0 aliphatic carbocycles. The SMILES string of the molecule is O=S(=O)([O-])CCCNCC(c1ccccc1)c1ccccc1.[Na+]. The zero-order valence-corrected chi connectivity index (χ0v) is 16.1. The van der Waals surface area contributed by atoms with E-state index in [1.54, 1.807) is 0 Å². The van der Waals surface area contributed by atoms with Crippen molar-refractivity contribution in [1.29, 1.82) is 0 Å². The molecule has 0 atom stereocenters. The number of rotatable bonds is 8. The van der Waals surface area contributed by atoms with Crippen molar-refractivity contribution in [2.24, 2.45) is 0 Å². The molecule has 2 rings (SSSR count). The van der Waals surface area contributed by atoms with Crippen LogP contribution in [0.15, 0.2) is 60.7 Å². The Morgan fingerprint density at radius 1 is 0.913 bits per heavy atom. The van der Waals surface area contributed by atoms with Crippen molar-refractivity contribution in [3.05, 3.63) is 71.8 Å². The molecular weight excluding hydrogens is 321 g/mol. The van der Waals surface area contributed by atoms with Crippen molar-refractivity contribution in [1.82, 2.24) is 5.32 Å². The fraction of sp³-hybridized carbons (Fsp3) is 0.294. The summed E-state index contributed by atoms with van der Waals surface area (Å²) in [5.74, 6) is -0.118. The minimum Gasteiger partial charge on any atom is -0.748 e. The van der Waals surface area contributed by atoms with Gasteiger partial charge in [-0.2, -0.15) is 0 Å². The van der Waals surface area contributed by atoms with Gasteiger partial charge in [0, 0.05) is 18.2 Å². The molecule has 118 valence electrons. The van der Waals surface area contributed by atoms with Crippen LogP contribution in [0.2, 0.25) is 0 Å². The molecule has 0 radical (unpaired) electrons. The first-order valence-corrected chi connectivity index (χ1v) is 8.88. The molecule has 0 saturated carbocycles. The Hall–Kier alpha value is -0.690. The van der Waals surface area contributed by atoms with Crippen molar-refractivity contribution >= 4 is 10.1 Å². The van der Waals surface area contributed by atoms with E-state index in [1.807, 2.05) is 36.4 Å². The maximum Gasteiger partial charge on any atom is 1.00 e. The molecular formula is C17H20NNaO3S. The molecule has 2 aromatic rings. The molecule has 0 bridgehead atoms. The van der Waals surface area contributed by atoms with Crippen LogP contribution in [-0.2, 0) is 10.1 Å². The third kappa shape index (κ3) is 7.61. The topological polar surface area (TPSA) is 69.2 Å². The molecule has 0 fully saturated rings. The first-order valence-electron chi connectivity index (χ1n) is 7.30. The van der Waals surface area contributed by atoms with Crippen LogP contribution in [0.4, 0.5) is 0 Å². The van der Waals surface area contributed by atoms with Gasteiger partial charge >= 0.3 is 29.6 Å². The maximum absolute atomic E-state index is 10.6. The number of nitrogens with one attached hydrogen (secondary N) is 1. The van der Waals surface area contributed by atoms with Gasteiger partial charge in [-0.3, -0.25) is 0 Å². The summed E-state index contributed by atoms with van der Waals surface area (Å²) < 4.78 is 31.8. The predicted octanol–water partition coefficient (Wildman–Crippen LogP) is -0.653. The zero-order chi connectivity index (χ0) is 15.8. The van der Waals surface area contributed by atoms with E-state index >= 15 is 0 Å². The van der Waals surface area contributed by atoms with Crippen LogP contribution in [0, 0.1) is 0 Å². The largest absolute Gasteiger partial charge is 1.00 e. The van der Waals surface area contributed by atoms with E-state index in [4.69, 9.17) is 0 Å². The second-order valence-electron chi connectivity index (χ2n) is 5.19. The van der Waals surface area contributed by atoms with Crippen LogP contribution in [0.3, 0.4) is 0 Å². The minimum atomic E-state index is -4.12. The Morgan fingerprint density at radius 3 is 1.83 bits per heavy atom. The van der Waals surface area contributed by atoms with Crippen LogP contribution < -0.4 is 34.9 Å². The molecule has 0 aromatic heterocycles. The number of hydrogen-bond donors (Lipinski definition) is 1. The quantitative estimate of drug-likeness (QED) is 0.393. The summed E-state index contributed by atoms with van der Waals surface area (Å²) in [7, 11) is -4.12. The van der Waals surface area contributed by atoms with E-state index in [1.165, 1.54) is 11.1 Å². The molecule has 2 aromatic carbocycles. The van der Waals surface area contributed by atoms with Gasteiger partial charge in [-0.25, -0.2) is 8.42 Å². The smallest absolute Gasteiger partial charge is 0.748 e. The predicted molar refractivity (Wildman–Crippen MR) is 86.8 cm³/mol. The Morgan fingerprint density at radius 2 is 1.39 bits per heavy atom. The summed E-state index contributed by atoms with van der Waals surface area (Å²) in [6.45, 7) is 1.21. The van der Waals surface area contributed by atoms with Gasteiger partial charge in [-0.1, -0.05) is 60.7 Å². The molecule has 0 amide bonds. The molecule has 0 aliphatic heterocycles. The summed E-state index contributed by atoms with van der Waals surface area (Å²) in [6.07, 6.45) is 0.335. The third-order valence-corrected chi connectivity index (χ3v) is 4.29. The average molecular weight is 341 g/mol. The van der Waals surface area contributed by atoms with Gasteiger partial charge in [-0.05, 0) is 24.1 Å². The molecule has 23 heavy (non-hydrogen) atoms. The summed E-state index contributed by atoms with van der Waals surface area (Å²) in [4.78, 5) is 0. The average Bonchev–Trinajstić information content (AvgIpc) is 2.51. The van der Waals surface area contributed by atoms with Crippen molar-refractivity contribution < 1.29 is 42.5 Å². The Labute approximate surface area is 160 Å². The number of hydrogen-bond acceptors (Lipinski definition) is 4. The standard InChI is InChI=1S/C17H21NO3S.Na/c19-22(20,21)13-7-12-18-14-17(15-8-3-1-4-9-15)16-10-5-2-6-11-16;/h1-6,8-11,17-18H,7,12-14H2,(H,19,20,21);/q;+1/p-1. The van der Waals surface area contributed by atoms with Gasteiger partial charge in [0.05, 0.1) is 10.1 Å². The van der Waals surface area contributed by atoms with Crippen LogP contribution in [-0.4, -0.2) is 31.8 Å². The first kappa shape index (κ1) is 20.4. The van der Waals surface area contributed by atoms with Crippen molar-refractivity contribution in [2.75, 3.05) is 18.8 Å². The Balaban J connectivity index is 0.00000264. The van der Waals surface area contributed by atoms with Gasteiger partial charge in [0.25, 0.3) is 0 Å². The van der Waals surface area contributed by atoms with E-state index < -0.39 is 10.1 Å². The Kier molecular flexibility index (Phi) is 9.06. The van der Waals surface area contributed by atoms with Crippen molar-refractivity contribution in [3.63, 3.8) is 0 Å². The first-order chi connectivity index (χ1) is 10.6. The van der Waals surface area contributed by atoms with Crippen LogP contribution in [0.25, 0.3) is 0 Å². The molecule has 0 aliphatic rings. The van der Waals surface area contributed by atoms with Crippen LogP contribution in [0.5, 0.6) is 0 Å². The summed E-state index contributed by atoms with van der Waals surface area (Å²) in [6, 6.07) is 20.3. The van der Waals surface area contributed by atoms with Crippen molar-refractivity contribution in [3.8, 4) is 0 Å². The summed E-state index contributed by atoms with van der Waals surface area (Å²) in [5, 5.41) is 3.25. The zero-order valence-electron chi connectivity index (χ0n) is 13.3. The second kappa shape index (κ2) is 10.2. The number of benzene rings is 2. The fourth-order valence-corrected chi connectivity index (χ4v) is 2.92. The molecule has 0 saturated heterocycles. The third-order valence-electron chi connectivity index (χ3n) is 3.50.